The monoisotopic (exact) mass is 371 g/mol. The van der Waals surface area contributed by atoms with Gasteiger partial charge in [0.1, 0.15) is 0 Å². The first-order valence-electron chi connectivity index (χ1n) is 10.9. The summed E-state index contributed by atoms with van der Waals surface area (Å²) in [5, 5.41) is 6.84. The first-order chi connectivity index (χ1) is 13.3. The zero-order valence-electron chi connectivity index (χ0n) is 17.1. The van der Waals surface area contributed by atoms with Crippen molar-refractivity contribution in [2.45, 2.75) is 52.1 Å². The van der Waals surface area contributed by atoms with Crippen LogP contribution in [0.2, 0.25) is 0 Å². The molecule has 0 radical (unpaired) electrons. The third-order valence-corrected chi connectivity index (χ3v) is 5.53. The summed E-state index contributed by atoms with van der Waals surface area (Å²) >= 11 is 0. The molecule has 2 fully saturated rings. The molecule has 5 nitrogen and oxygen atoms in total. The lowest BCUT2D eigenvalue weighted by molar-refractivity contribution is 0.331. The maximum Gasteiger partial charge on any atom is 0.191 e. The average Bonchev–Trinajstić information content (AvgIpc) is 3.38. The number of rotatable bonds is 9. The highest BCUT2D eigenvalue weighted by Gasteiger charge is 2.12. The second-order valence-corrected chi connectivity index (χ2v) is 7.82. The molecule has 3 rings (SSSR count). The van der Waals surface area contributed by atoms with Crippen LogP contribution < -0.4 is 10.6 Å². The molecule has 2 saturated heterocycles. The van der Waals surface area contributed by atoms with Crippen LogP contribution in [0.15, 0.2) is 29.3 Å². The molecule has 0 unspecified atom stereocenters. The van der Waals surface area contributed by atoms with Crippen molar-refractivity contribution in [1.82, 2.24) is 20.4 Å². The van der Waals surface area contributed by atoms with Gasteiger partial charge in [0, 0.05) is 19.6 Å². The van der Waals surface area contributed by atoms with Crippen molar-refractivity contribution < 1.29 is 0 Å². The van der Waals surface area contributed by atoms with Gasteiger partial charge in [0.25, 0.3) is 0 Å². The minimum atomic E-state index is 0.728. The molecule has 27 heavy (non-hydrogen) atoms. The van der Waals surface area contributed by atoms with E-state index in [-0.39, 0.29) is 0 Å². The van der Waals surface area contributed by atoms with Gasteiger partial charge in [-0.25, -0.2) is 4.99 Å². The predicted molar refractivity (Wildman–Crippen MR) is 114 cm³/mol. The first-order valence-corrected chi connectivity index (χ1v) is 10.9. The van der Waals surface area contributed by atoms with Crippen molar-refractivity contribution in [3.05, 3.63) is 35.4 Å². The maximum absolute atomic E-state index is 4.76. The van der Waals surface area contributed by atoms with E-state index < -0.39 is 0 Å². The highest BCUT2D eigenvalue weighted by Crippen LogP contribution is 2.13. The van der Waals surface area contributed by atoms with Crippen LogP contribution in [0.4, 0.5) is 0 Å². The number of benzene rings is 1. The molecule has 1 aromatic rings. The van der Waals surface area contributed by atoms with Crippen LogP contribution in [-0.2, 0) is 13.1 Å². The molecule has 2 aliphatic heterocycles. The number of guanidine groups is 1. The van der Waals surface area contributed by atoms with E-state index in [0.717, 1.165) is 32.1 Å². The fourth-order valence-corrected chi connectivity index (χ4v) is 3.98. The summed E-state index contributed by atoms with van der Waals surface area (Å²) in [6, 6.07) is 8.98. The van der Waals surface area contributed by atoms with E-state index in [0.29, 0.717) is 0 Å². The van der Waals surface area contributed by atoms with Crippen molar-refractivity contribution in [2.75, 3.05) is 45.8 Å². The standard InChI is InChI=1S/C22H37N5/c1-2-23-22(24-12-7-17-26-13-3-4-14-26)25-18-20-8-10-21(11-9-20)19-27-15-5-6-16-27/h8-11H,2-7,12-19H2,1H3,(H2,23,24,25). The van der Waals surface area contributed by atoms with Crippen molar-refractivity contribution in [2.24, 2.45) is 4.99 Å². The summed E-state index contributed by atoms with van der Waals surface area (Å²) < 4.78 is 0. The van der Waals surface area contributed by atoms with E-state index in [9.17, 15) is 0 Å². The highest BCUT2D eigenvalue weighted by atomic mass is 15.2. The molecule has 0 aliphatic carbocycles. The second-order valence-electron chi connectivity index (χ2n) is 7.82. The van der Waals surface area contributed by atoms with Crippen LogP contribution in [0.5, 0.6) is 0 Å². The summed E-state index contributed by atoms with van der Waals surface area (Å²) in [6.07, 6.45) is 6.62. The highest BCUT2D eigenvalue weighted by molar-refractivity contribution is 5.79. The number of nitrogens with zero attached hydrogens (tertiary/aromatic N) is 3. The van der Waals surface area contributed by atoms with Crippen molar-refractivity contribution in [3.63, 3.8) is 0 Å². The maximum atomic E-state index is 4.76. The molecule has 0 bridgehead atoms. The number of aliphatic imine (C=N–C) groups is 1. The summed E-state index contributed by atoms with van der Waals surface area (Å²) in [4.78, 5) is 9.87. The molecule has 0 atom stereocenters. The Kier molecular flexibility index (Phi) is 8.43. The molecular formula is C22H37N5. The molecule has 5 heteroatoms. The van der Waals surface area contributed by atoms with E-state index in [2.05, 4.69) is 51.6 Å². The zero-order chi connectivity index (χ0) is 18.7. The third kappa shape index (κ3) is 7.15. The van der Waals surface area contributed by atoms with E-state index in [4.69, 9.17) is 4.99 Å². The van der Waals surface area contributed by atoms with Gasteiger partial charge in [0.05, 0.1) is 6.54 Å². The molecule has 150 valence electrons. The molecule has 0 aromatic heterocycles. The summed E-state index contributed by atoms with van der Waals surface area (Å²) in [5.74, 6) is 0.931. The Morgan fingerprint density at radius 2 is 1.52 bits per heavy atom. The molecule has 0 saturated carbocycles. The molecule has 2 aliphatic rings. The number of hydrogen-bond donors (Lipinski definition) is 2. The largest absolute Gasteiger partial charge is 0.357 e. The van der Waals surface area contributed by atoms with Crippen LogP contribution in [0.3, 0.4) is 0 Å². The summed E-state index contributed by atoms with van der Waals surface area (Å²) in [5.41, 5.74) is 2.69. The zero-order valence-corrected chi connectivity index (χ0v) is 17.1. The van der Waals surface area contributed by atoms with Crippen LogP contribution in [0, 0.1) is 0 Å². The van der Waals surface area contributed by atoms with E-state index in [1.54, 1.807) is 0 Å². The Balaban J connectivity index is 1.41. The lowest BCUT2D eigenvalue weighted by Crippen LogP contribution is -2.38. The van der Waals surface area contributed by atoms with Crippen LogP contribution >= 0.6 is 0 Å². The fourth-order valence-electron chi connectivity index (χ4n) is 3.98. The third-order valence-electron chi connectivity index (χ3n) is 5.53. The normalized spacial score (nSPS) is 18.9. The van der Waals surface area contributed by atoms with Gasteiger partial charge < -0.3 is 15.5 Å². The Bertz CT molecular complexity index is 557. The van der Waals surface area contributed by atoms with Gasteiger partial charge >= 0.3 is 0 Å². The molecular weight excluding hydrogens is 334 g/mol. The smallest absolute Gasteiger partial charge is 0.191 e. The van der Waals surface area contributed by atoms with Gasteiger partial charge in [-0.1, -0.05) is 24.3 Å². The topological polar surface area (TPSA) is 42.9 Å². The van der Waals surface area contributed by atoms with Crippen LogP contribution in [0.1, 0.15) is 50.2 Å². The quantitative estimate of drug-likeness (QED) is 0.398. The lowest BCUT2D eigenvalue weighted by atomic mass is 10.1. The van der Waals surface area contributed by atoms with E-state index in [1.165, 1.54) is 76.0 Å². The average molecular weight is 372 g/mol. The first kappa shape index (κ1) is 20.2. The van der Waals surface area contributed by atoms with E-state index >= 15 is 0 Å². The second kappa shape index (κ2) is 11.3. The Morgan fingerprint density at radius 3 is 2.19 bits per heavy atom. The minimum Gasteiger partial charge on any atom is -0.357 e. The van der Waals surface area contributed by atoms with Gasteiger partial charge in [0.2, 0.25) is 0 Å². The lowest BCUT2D eigenvalue weighted by Gasteiger charge is -2.16. The van der Waals surface area contributed by atoms with Crippen LogP contribution in [0.25, 0.3) is 0 Å². The van der Waals surface area contributed by atoms with Gasteiger partial charge in [-0.3, -0.25) is 4.90 Å². The van der Waals surface area contributed by atoms with Crippen molar-refractivity contribution in [3.8, 4) is 0 Å². The SMILES string of the molecule is CCNC(=NCc1ccc(CN2CCCC2)cc1)NCCCN1CCCC1. The van der Waals surface area contributed by atoms with Crippen molar-refractivity contribution in [1.29, 1.82) is 0 Å². The molecule has 2 N–H and O–H groups in total. The fraction of sp³-hybridized carbons (Fsp3) is 0.682. The molecule has 1 aromatic carbocycles. The molecule has 0 amide bonds. The van der Waals surface area contributed by atoms with Crippen molar-refractivity contribution >= 4 is 5.96 Å². The predicted octanol–water partition coefficient (Wildman–Crippen LogP) is 2.82. The summed E-state index contributed by atoms with van der Waals surface area (Å²) in [6.45, 7) is 12.1. The molecule has 0 spiro atoms. The van der Waals surface area contributed by atoms with Gasteiger partial charge in [0.15, 0.2) is 5.96 Å². The Labute approximate surface area is 165 Å². The Morgan fingerprint density at radius 1 is 0.889 bits per heavy atom. The Hall–Kier alpha value is -1.59. The van der Waals surface area contributed by atoms with Gasteiger partial charge in [-0.2, -0.15) is 0 Å². The number of nitrogens with one attached hydrogen (secondary N) is 2. The minimum absolute atomic E-state index is 0.728. The van der Waals surface area contributed by atoms with Gasteiger partial charge in [-0.15, -0.1) is 0 Å². The number of likely N-dealkylation sites (tertiary alicyclic amines) is 2. The van der Waals surface area contributed by atoms with Gasteiger partial charge in [-0.05, 0) is 82.9 Å². The number of hydrogen-bond acceptors (Lipinski definition) is 3. The summed E-state index contributed by atoms with van der Waals surface area (Å²) in [7, 11) is 0. The molecule has 2 heterocycles. The van der Waals surface area contributed by atoms with E-state index in [1.807, 2.05) is 0 Å². The van der Waals surface area contributed by atoms with Crippen LogP contribution in [-0.4, -0.2) is 61.6 Å².